The first-order valence-corrected chi connectivity index (χ1v) is 7.34. The van der Waals surface area contributed by atoms with Crippen LogP contribution >= 0.6 is 0 Å². The van der Waals surface area contributed by atoms with Crippen molar-refractivity contribution < 1.29 is 9.66 Å². The van der Waals surface area contributed by atoms with Crippen molar-refractivity contribution in [2.75, 3.05) is 7.05 Å². The van der Waals surface area contributed by atoms with Gasteiger partial charge in [0.2, 0.25) is 5.90 Å². The highest BCUT2D eigenvalue weighted by atomic mass is 16.6. The molecule has 2 atom stereocenters. The second-order valence-corrected chi connectivity index (χ2v) is 5.47. The average molecular weight is 311 g/mol. The Morgan fingerprint density at radius 3 is 2.39 bits per heavy atom. The van der Waals surface area contributed by atoms with Gasteiger partial charge in [-0.05, 0) is 24.6 Å². The van der Waals surface area contributed by atoms with Crippen LogP contribution in [0.2, 0.25) is 0 Å². The van der Waals surface area contributed by atoms with Gasteiger partial charge in [0.05, 0.1) is 11.0 Å². The van der Waals surface area contributed by atoms with Gasteiger partial charge in [0.25, 0.3) is 5.69 Å². The van der Waals surface area contributed by atoms with Gasteiger partial charge in [-0.1, -0.05) is 30.3 Å². The standard InChI is InChI=1S/C17H17N3O3/c1-12-16(13-6-4-3-5-7-13)23-17(18-19(12)2)14-8-10-15(11-9-14)20(21)22/h3-12,16H,1-2H3/t12-,16-/m1/s1. The number of nitro groups is 1. The Labute approximate surface area is 134 Å². The molecule has 6 nitrogen and oxygen atoms in total. The fourth-order valence-corrected chi connectivity index (χ4v) is 2.51. The van der Waals surface area contributed by atoms with E-state index in [9.17, 15) is 10.1 Å². The molecule has 1 aliphatic heterocycles. The van der Waals surface area contributed by atoms with Crippen molar-refractivity contribution in [1.29, 1.82) is 0 Å². The zero-order chi connectivity index (χ0) is 16.4. The summed E-state index contributed by atoms with van der Waals surface area (Å²) in [6.45, 7) is 2.05. The summed E-state index contributed by atoms with van der Waals surface area (Å²) in [5.41, 5.74) is 1.84. The third-order valence-corrected chi connectivity index (χ3v) is 3.97. The molecule has 0 bridgehead atoms. The second-order valence-electron chi connectivity index (χ2n) is 5.47. The SMILES string of the molecule is C[C@@H]1[C@H](c2ccccc2)OC(c2ccc([N+](=O)[O-])cc2)=NN1C. The Morgan fingerprint density at radius 2 is 1.78 bits per heavy atom. The van der Waals surface area contributed by atoms with E-state index in [1.165, 1.54) is 12.1 Å². The van der Waals surface area contributed by atoms with Crippen LogP contribution in [-0.4, -0.2) is 28.9 Å². The van der Waals surface area contributed by atoms with Gasteiger partial charge >= 0.3 is 0 Å². The maximum Gasteiger partial charge on any atom is 0.269 e. The number of non-ortho nitro benzene ring substituents is 1. The monoisotopic (exact) mass is 311 g/mol. The molecule has 0 saturated carbocycles. The normalized spacial score (nSPS) is 20.6. The lowest BCUT2D eigenvalue weighted by Crippen LogP contribution is -2.39. The molecule has 0 aromatic heterocycles. The molecule has 3 rings (SSSR count). The summed E-state index contributed by atoms with van der Waals surface area (Å²) in [5.74, 6) is 0.467. The van der Waals surface area contributed by atoms with Crippen LogP contribution in [0.15, 0.2) is 59.7 Å². The second kappa shape index (κ2) is 6.08. The van der Waals surface area contributed by atoms with Crippen molar-refractivity contribution in [2.45, 2.75) is 19.1 Å². The van der Waals surface area contributed by atoms with Gasteiger partial charge in [-0.2, -0.15) is 0 Å². The highest BCUT2D eigenvalue weighted by Crippen LogP contribution is 2.30. The van der Waals surface area contributed by atoms with Gasteiger partial charge in [-0.3, -0.25) is 15.1 Å². The Hall–Kier alpha value is -2.89. The number of hydrazone groups is 1. The molecule has 0 amide bonds. The van der Waals surface area contributed by atoms with Crippen LogP contribution in [0.1, 0.15) is 24.2 Å². The maximum absolute atomic E-state index is 10.8. The molecule has 0 N–H and O–H groups in total. The molecule has 1 aliphatic rings. The quantitative estimate of drug-likeness (QED) is 0.644. The van der Waals surface area contributed by atoms with E-state index in [1.807, 2.05) is 49.3 Å². The van der Waals surface area contributed by atoms with E-state index >= 15 is 0 Å². The van der Waals surface area contributed by atoms with Gasteiger partial charge in [0, 0.05) is 24.7 Å². The molecule has 1 heterocycles. The van der Waals surface area contributed by atoms with Crippen molar-refractivity contribution in [3.8, 4) is 0 Å². The zero-order valence-corrected chi connectivity index (χ0v) is 12.9. The molecule has 0 radical (unpaired) electrons. The smallest absolute Gasteiger partial charge is 0.269 e. The number of benzene rings is 2. The summed E-state index contributed by atoms with van der Waals surface area (Å²) in [6.07, 6.45) is -0.149. The van der Waals surface area contributed by atoms with Crippen LogP contribution in [0.4, 0.5) is 5.69 Å². The summed E-state index contributed by atoms with van der Waals surface area (Å²) in [4.78, 5) is 10.3. The lowest BCUT2D eigenvalue weighted by atomic mass is 10.0. The van der Waals surface area contributed by atoms with Crippen LogP contribution < -0.4 is 0 Å². The first kappa shape index (κ1) is 15.0. The molecular formula is C17H17N3O3. The molecule has 2 aromatic carbocycles. The lowest BCUT2D eigenvalue weighted by Gasteiger charge is -2.35. The molecule has 6 heteroatoms. The lowest BCUT2D eigenvalue weighted by molar-refractivity contribution is -0.384. The van der Waals surface area contributed by atoms with Crippen molar-refractivity contribution >= 4 is 11.6 Å². The molecular weight excluding hydrogens is 294 g/mol. The highest BCUT2D eigenvalue weighted by molar-refractivity contribution is 5.94. The van der Waals surface area contributed by atoms with Crippen molar-refractivity contribution in [2.24, 2.45) is 5.10 Å². The summed E-state index contributed by atoms with van der Waals surface area (Å²) in [5, 5.41) is 17.1. The zero-order valence-electron chi connectivity index (χ0n) is 12.9. The van der Waals surface area contributed by atoms with Gasteiger partial charge in [0.15, 0.2) is 0 Å². The van der Waals surface area contributed by atoms with Gasteiger partial charge in [0.1, 0.15) is 6.10 Å². The number of rotatable bonds is 3. The summed E-state index contributed by atoms with van der Waals surface area (Å²) >= 11 is 0. The Kier molecular flexibility index (Phi) is 3.97. The third-order valence-electron chi connectivity index (χ3n) is 3.97. The molecule has 2 aromatic rings. The number of ether oxygens (including phenoxy) is 1. The first-order chi connectivity index (χ1) is 11.1. The number of likely N-dealkylation sites (N-methyl/N-ethyl adjacent to an activating group) is 1. The largest absolute Gasteiger partial charge is 0.466 e. The van der Waals surface area contributed by atoms with Crippen LogP contribution in [0, 0.1) is 10.1 Å². The van der Waals surface area contributed by atoms with E-state index in [0.717, 1.165) is 11.1 Å². The number of hydrogen-bond acceptors (Lipinski definition) is 5. The van der Waals surface area contributed by atoms with Crippen molar-refractivity contribution in [3.63, 3.8) is 0 Å². The molecule has 0 unspecified atom stereocenters. The number of hydrogen-bond donors (Lipinski definition) is 0. The summed E-state index contributed by atoms with van der Waals surface area (Å²) < 4.78 is 6.08. The molecule has 0 saturated heterocycles. The minimum absolute atomic E-state index is 0.0477. The summed E-state index contributed by atoms with van der Waals surface area (Å²) in [7, 11) is 1.90. The van der Waals surface area contributed by atoms with Crippen LogP contribution in [0.5, 0.6) is 0 Å². The van der Waals surface area contributed by atoms with Crippen molar-refractivity contribution in [1.82, 2.24) is 5.01 Å². The van der Waals surface area contributed by atoms with E-state index in [2.05, 4.69) is 5.10 Å². The van der Waals surface area contributed by atoms with Crippen molar-refractivity contribution in [3.05, 3.63) is 75.8 Å². The van der Waals surface area contributed by atoms with Crippen LogP contribution in [0.3, 0.4) is 0 Å². The fraction of sp³-hybridized carbons (Fsp3) is 0.235. The fourth-order valence-electron chi connectivity index (χ4n) is 2.51. The topological polar surface area (TPSA) is 68.0 Å². The van der Waals surface area contributed by atoms with E-state index in [4.69, 9.17) is 4.74 Å². The molecule has 118 valence electrons. The highest BCUT2D eigenvalue weighted by Gasteiger charge is 2.30. The molecule has 0 aliphatic carbocycles. The Balaban J connectivity index is 1.91. The number of nitro benzene ring substituents is 1. The Morgan fingerprint density at radius 1 is 1.13 bits per heavy atom. The third kappa shape index (κ3) is 3.01. The Bertz CT molecular complexity index is 729. The maximum atomic E-state index is 10.8. The van der Waals surface area contributed by atoms with Gasteiger partial charge < -0.3 is 4.74 Å². The predicted molar refractivity (Wildman–Crippen MR) is 87.1 cm³/mol. The minimum atomic E-state index is -0.422. The average Bonchev–Trinajstić information content (AvgIpc) is 2.58. The van der Waals surface area contributed by atoms with E-state index in [1.54, 1.807) is 12.1 Å². The number of nitrogens with zero attached hydrogens (tertiary/aromatic N) is 3. The molecule has 0 fully saturated rings. The first-order valence-electron chi connectivity index (χ1n) is 7.34. The van der Waals surface area contributed by atoms with E-state index in [-0.39, 0.29) is 17.8 Å². The van der Waals surface area contributed by atoms with Crippen LogP contribution in [0.25, 0.3) is 0 Å². The minimum Gasteiger partial charge on any atom is -0.466 e. The van der Waals surface area contributed by atoms with E-state index < -0.39 is 4.92 Å². The molecule has 23 heavy (non-hydrogen) atoms. The van der Waals surface area contributed by atoms with Gasteiger partial charge in [-0.25, -0.2) is 0 Å². The van der Waals surface area contributed by atoms with Gasteiger partial charge in [-0.15, -0.1) is 5.10 Å². The van der Waals surface area contributed by atoms with Crippen LogP contribution in [-0.2, 0) is 4.74 Å². The predicted octanol–water partition coefficient (Wildman–Crippen LogP) is 3.35. The molecule has 0 spiro atoms. The van der Waals surface area contributed by atoms with E-state index in [0.29, 0.717) is 5.90 Å². The summed E-state index contributed by atoms with van der Waals surface area (Å²) in [6, 6.07) is 16.3.